The van der Waals surface area contributed by atoms with Crippen LogP contribution in [0, 0.1) is 6.92 Å². The Labute approximate surface area is 163 Å². The Morgan fingerprint density at radius 2 is 1.50 bits per heavy atom. The Balaban J connectivity index is 1.56. The van der Waals surface area contributed by atoms with Crippen LogP contribution in [0.2, 0.25) is 10.0 Å². The predicted octanol–water partition coefficient (Wildman–Crippen LogP) is 3.83. The van der Waals surface area contributed by atoms with Gasteiger partial charge in [0.05, 0.1) is 16.5 Å². The summed E-state index contributed by atoms with van der Waals surface area (Å²) < 4.78 is 0. The Bertz CT molecular complexity index is 813. The van der Waals surface area contributed by atoms with Crippen LogP contribution in [-0.4, -0.2) is 47.8 Å². The zero-order valence-corrected chi connectivity index (χ0v) is 16.1. The number of amides is 2. The van der Waals surface area contributed by atoms with Crippen LogP contribution in [0.5, 0.6) is 0 Å². The fourth-order valence-corrected chi connectivity index (χ4v) is 3.26. The lowest BCUT2D eigenvalue weighted by Crippen LogP contribution is -2.51. The number of rotatable bonds is 3. The largest absolute Gasteiger partial charge is 0.339 e. The van der Waals surface area contributed by atoms with E-state index in [9.17, 15) is 9.59 Å². The molecule has 6 heteroatoms. The van der Waals surface area contributed by atoms with Gasteiger partial charge in [-0.3, -0.25) is 9.59 Å². The van der Waals surface area contributed by atoms with Gasteiger partial charge >= 0.3 is 0 Å². The zero-order chi connectivity index (χ0) is 18.7. The van der Waals surface area contributed by atoms with Gasteiger partial charge in [0.1, 0.15) is 0 Å². The number of hydrogen-bond donors (Lipinski definition) is 0. The maximum atomic E-state index is 12.6. The van der Waals surface area contributed by atoms with Crippen LogP contribution in [0.1, 0.15) is 21.5 Å². The molecular formula is C20H20Cl2N2O2. The summed E-state index contributed by atoms with van der Waals surface area (Å²) >= 11 is 11.9. The van der Waals surface area contributed by atoms with Gasteiger partial charge in [0.15, 0.2) is 0 Å². The number of carbonyl (C=O) groups is 2. The first kappa shape index (κ1) is 18.7. The summed E-state index contributed by atoms with van der Waals surface area (Å²) in [4.78, 5) is 28.6. The molecule has 4 nitrogen and oxygen atoms in total. The molecule has 1 aliphatic heterocycles. The lowest BCUT2D eigenvalue weighted by molar-refractivity contribution is -0.131. The van der Waals surface area contributed by atoms with E-state index in [2.05, 4.69) is 0 Å². The van der Waals surface area contributed by atoms with Crippen molar-refractivity contribution in [2.24, 2.45) is 0 Å². The van der Waals surface area contributed by atoms with E-state index < -0.39 is 0 Å². The van der Waals surface area contributed by atoms with Gasteiger partial charge in [-0.1, -0.05) is 53.0 Å². The van der Waals surface area contributed by atoms with E-state index in [1.54, 1.807) is 23.1 Å². The molecule has 0 atom stereocenters. The molecule has 1 saturated heterocycles. The first-order valence-electron chi connectivity index (χ1n) is 8.51. The molecule has 2 aromatic rings. The fourth-order valence-electron chi connectivity index (χ4n) is 2.96. The van der Waals surface area contributed by atoms with Crippen LogP contribution in [0.15, 0.2) is 42.5 Å². The summed E-state index contributed by atoms with van der Waals surface area (Å²) in [6.07, 6.45) is 0.390. The molecule has 1 heterocycles. The second-order valence-corrected chi connectivity index (χ2v) is 7.28. The van der Waals surface area contributed by atoms with Crippen LogP contribution in [0.3, 0.4) is 0 Å². The van der Waals surface area contributed by atoms with Gasteiger partial charge < -0.3 is 9.80 Å². The van der Waals surface area contributed by atoms with E-state index in [1.165, 1.54) is 5.56 Å². The first-order valence-corrected chi connectivity index (χ1v) is 9.27. The second-order valence-electron chi connectivity index (χ2n) is 6.46. The summed E-state index contributed by atoms with van der Waals surface area (Å²) in [7, 11) is 0. The molecule has 3 rings (SSSR count). The normalized spacial score (nSPS) is 14.4. The second kappa shape index (κ2) is 8.11. The molecule has 0 N–H and O–H groups in total. The molecule has 2 amide bonds. The molecular weight excluding hydrogens is 371 g/mol. The predicted molar refractivity (Wildman–Crippen MR) is 104 cm³/mol. The summed E-state index contributed by atoms with van der Waals surface area (Å²) in [5.74, 6) is 0.00434. The standard InChI is InChI=1S/C20H20Cl2N2O2/c1-14-2-4-15(5-3-14)12-19(25)23-8-10-24(11-9-23)20(26)16-6-7-17(21)18(22)13-16/h2-7,13H,8-12H2,1H3. The van der Waals surface area contributed by atoms with Crippen molar-refractivity contribution in [2.75, 3.05) is 26.2 Å². The monoisotopic (exact) mass is 390 g/mol. The topological polar surface area (TPSA) is 40.6 Å². The quantitative estimate of drug-likeness (QED) is 0.798. The number of aryl methyl sites for hydroxylation is 1. The van der Waals surface area contributed by atoms with Gasteiger partial charge in [0.2, 0.25) is 5.91 Å². The Morgan fingerprint density at radius 3 is 2.12 bits per heavy atom. The van der Waals surface area contributed by atoms with Crippen LogP contribution in [0.4, 0.5) is 0 Å². The molecule has 1 fully saturated rings. The summed E-state index contributed by atoms with van der Waals surface area (Å²) in [6.45, 7) is 4.13. The van der Waals surface area contributed by atoms with Crippen molar-refractivity contribution in [2.45, 2.75) is 13.3 Å². The van der Waals surface area contributed by atoms with Crippen molar-refractivity contribution in [3.8, 4) is 0 Å². The van der Waals surface area contributed by atoms with Crippen molar-refractivity contribution < 1.29 is 9.59 Å². The first-order chi connectivity index (χ1) is 12.4. The Hall–Kier alpha value is -2.04. The van der Waals surface area contributed by atoms with Crippen molar-refractivity contribution in [3.63, 3.8) is 0 Å². The highest BCUT2D eigenvalue weighted by molar-refractivity contribution is 6.42. The molecule has 136 valence electrons. The highest BCUT2D eigenvalue weighted by Gasteiger charge is 2.25. The number of hydrogen-bond acceptors (Lipinski definition) is 2. The Kier molecular flexibility index (Phi) is 5.84. The summed E-state index contributed by atoms with van der Waals surface area (Å²) in [5.41, 5.74) is 2.70. The van der Waals surface area contributed by atoms with E-state index >= 15 is 0 Å². The zero-order valence-electron chi connectivity index (χ0n) is 14.5. The smallest absolute Gasteiger partial charge is 0.254 e. The lowest BCUT2D eigenvalue weighted by Gasteiger charge is -2.35. The molecule has 26 heavy (non-hydrogen) atoms. The van der Waals surface area contributed by atoms with Gasteiger partial charge in [0, 0.05) is 31.7 Å². The van der Waals surface area contributed by atoms with Gasteiger partial charge in [-0.25, -0.2) is 0 Å². The summed E-state index contributed by atoms with van der Waals surface area (Å²) in [5, 5.41) is 0.791. The molecule has 0 radical (unpaired) electrons. The lowest BCUT2D eigenvalue weighted by atomic mass is 10.1. The molecule has 0 bridgehead atoms. The van der Waals surface area contributed by atoms with E-state index in [4.69, 9.17) is 23.2 Å². The highest BCUT2D eigenvalue weighted by atomic mass is 35.5. The number of carbonyl (C=O) groups excluding carboxylic acids is 2. The van der Waals surface area contributed by atoms with Crippen LogP contribution in [-0.2, 0) is 11.2 Å². The van der Waals surface area contributed by atoms with Gasteiger partial charge in [-0.05, 0) is 30.7 Å². The van der Waals surface area contributed by atoms with Crippen LogP contribution in [0.25, 0.3) is 0 Å². The number of nitrogens with zero attached hydrogens (tertiary/aromatic N) is 2. The highest BCUT2D eigenvalue weighted by Crippen LogP contribution is 2.23. The molecule has 0 saturated carbocycles. The maximum Gasteiger partial charge on any atom is 0.254 e. The minimum Gasteiger partial charge on any atom is -0.339 e. The maximum absolute atomic E-state index is 12.6. The molecule has 0 aromatic heterocycles. The minimum atomic E-state index is -0.0887. The number of piperazine rings is 1. The van der Waals surface area contributed by atoms with E-state index in [0.29, 0.717) is 48.2 Å². The average Bonchev–Trinajstić information content (AvgIpc) is 2.65. The SMILES string of the molecule is Cc1ccc(CC(=O)N2CCN(C(=O)c3ccc(Cl)c(Cl)c3)CC2)cc1. The van der Waals surface area contributed by atoms with Crippen LogP contribution < -0.4 is 0 Å². The van der Waals surface area contributed by atoms with Crippen molar-refractivity contribution in [1.82, 2.24) is 9.80 Å². The van der Waals surface area contributed by atoms with Gasteiger partial charge in [-0.2, -0.15) is 0 Å². The molecule has 0 unspecified atom stereocenters. The van der Waals surface area contributed by atoms with Crippen molar-refractivity contribution in [1.29, 1.82) is 0 Å². The Morgan fingerprint density at radius 1 is 0.885 bits per heavy atom. The molecule has 2 aromatic carbocycles. The average molecular weight is 391 g/mol. The van der Waals surface area contributed by atoms with E-state index in [-0.39, 0.29) is 11.8 Å². The summed E-state index contributed by atoms with van der Waals surface area (Å²) in [6, 6.07) is 12.9. The van der Waals surface area contributed by atoms with Crippen molar-refractivity contribution in [3.05, 3.63) is 69.2 Å². The third-order valence-corrected chi connectivity index (χ3v) is 5.30. The fraction of sp³-hybridized carbons (Fsp3) is 0.300. The third kappa shape index (κ3) is 4.37. The number of halogens is 2. The van der Waals surface area contributed by atoms with Gasteiger partial charge in [0.25, 0.3) is 5.91 Å². The van der Waals surface area contributed by atoms with Crippen molar-refractivity contribution >= 4 is 35.0 Å². The molecule has 1 aliphatic rings. The van der Waals surface area contributed by atoms with E-state index in [1.807, 2.05) is 36.1 Å². The molecule has 0 spiro atoms. The number of benzene rings is 2. The third-order valence-electron chi connectivity index (χ3n) is 4.56. The molecule has 0 aliphatic carbocycles. The minimum absolute atomic E-state index is 0.0887. The van der Waals surface area contributed by atoms with E-state index in [0.717, 1.165) is 5.56 Å². The van der Waals surface area contributed by atoms with Gasteiger partial charge in [-0.15, -0.1) is 0 Å². The van der Waals surface area contributed by atoms with Crippen LogP contribution >= 0.6 is 23.2 Å².